The fraction of sp³-hybridized carbons (Fsp3) is 0.143. The van der Waals surface area contributed by atoms with Gasteiger partial charge in [-0.3, -0.25) is 4.57 Å². The zero-order chi connectivity index (χ0) is 20.4. The Kier molecular flexibility index (Phi) is 5.48. The first-order chi connectivity index (χ1) is 13.9. The van der Waals surface area contributed by atoms with E-state index in [9.17, 15) is 14.4 Å². The summed E-state index contributed by atoms with van der Waals surface area (Å²) in [5.74, 6) is -0.653. The van der Waals surface area contributed by atoms with Gasteiger partial charge in [-0.1, -0.05) is 60.2 Å². The molecule has 0 aliphatic heterocycles. The number of benzene rings is 2. The van der Waals surface area contributed by atoms with Crippen LogP contribution in [0.1, 0.15) is 11.1 Å². The number of aryl methyl sites for hydroxylation is 1. The quantitative estimate of drug-likeness (QED) is 0.383. The first-order valence-corrected chi connectivity index (χ1v) is 11.6. The average Bonchev–Trinajstić information content (AvgIpc) is 3.13. The summed E-state index contributed by atoms with van der Waals surface area (Å²) in [6.07, 6.45) is 1.60. The van der Waals surface area contributed by atoms with Gasteiger partial charge in [0, 0.05) is 11.3 Å². The zero-order valence-corrected chi connectivity index (χ0v) is 17.4. The van der Waals surface area contributed by atoms with Crippen LogP contribution < -0.4 is 5.32 Å². The molecule has 0 radical (unpaired) electrons. The third-order valence-corrected chi connectivity index (χ3v) is 6.86. The van der Waals surface area contributed by atoms with Crippen molar-refractivity contribution < 1.29 is 14.4 Å². The second-order valence-electron chi connectivity index (χ2n) is 6.86. The molecule has 148 valence electrons. The minimum Gasteiger partial charge on any atom is -0.355 e. The Hall–Kier alpha value is -2.57. The summed E-state index contributed by atoms with van der Waals surface area (Å²) in [5.41, 5.74) is 3.09. The molecule has 0 saturated carbocycles. The van der Waals surface area contributed by atoms with Crippen molar-refractivity contribution in [2.75, 3.05) is 5.32 Å². The van der Waals surface area contributed by atoms with Gasteiger partial charge in [0.2, 0.25) is 0 Å². The lowest BCUT2D eigenvalue weighted by Gasteiger charge is -2.20. The summed E-state index contributed by atoms with van der Waals surface area (Å²) in [6, 6.07) is 19.4. The lowest BCUT2D eigenvalue weighted by atomic mass is 10.1. The van der Waals surface area contributed by atoms with Gasteiger partial charge in [0.05, 0.1) is 5.39 Å². The van der Waals surface area contributed by atoms with Crippen LogP contribution in [-0.2, 0) is 11.0 Å². The molecule has 0 bridgehead atoms. The highest BCUT2D eigenvalue weighted by Gasteiger charge is 2.30. The van der Waals surface area contributed by atoms with Gasteiger partial charge >= 0.3 is 7.60 Å². The Bertz CT molecular complexity index is 1170. The van der Waals surface area contributed by atoms with E-state index in [1.807, 2.05) is 55.5 Å². The second kappa shape index (κ2) is 8.05. The van der Waals surface area contributed by atoms with E-state index in [-0.39, 0.29) is 6.42 Å². The predicted octanol–water partition coefficient (Wildman–Crippen LogP) is 4.83. The number of anilines is 1. The maximum atomic E-state index is 12.1. The number of fused-ring (bicyclic) bond motifs is 1. The minimum absolute atomic E-state index is 0.186. The molecule has 0 aliphatic carbocycles. The molecule has 3 N–H and O–H groups in total. The van der Waals surface area contributed by atoms with Gasteiger partial charge in [0.1, 0.15) is 22.8 Å². The maximum Gasteiger partial charge on any atom is 0.347 e. The number of rotatable bonds is 6. The van der Waals surface area contributed by atoms with Crippen LogP contribution >= 0.6 is 18.9 Å². The summed E-state index contributed by atoms with van der Waals surface area (Å²) < 4.78 is 12.1. The molecule has 4 aromatic rings. The zero-order valence-electron chi connectivity index (χ0n) is 15.7. The van der Waals surface area contributed by atoms with Crippen LogP contribution in [0.3, 0.4) is 0 Å². The molecule has 4 rings (SSSR count). The molecular weight excluding hydrogens is 405 g/mol. The average molecular weight is 425 g/mol. The van der Waals surface area contributed by atoms with Crippen molar-refractivity contribution in [1.82, 2.24) is 9.97 Å². The fourth-order valence-electron chi connectivity index (χ4n) is 3.08. The van der Waals surface area contributed by atoms with Gasteiger partial charge < -0.3 is 15.1 Å². The third kappa shape index (κ3) is 4.54. The van der Waals surface area contributed by atoms with Gasteiger partial charge in [0.25, 0.3) is 0 Å². The normalized spacial score (nSPS) is 12.8. The molecule has 0 unspecified atom stereocenters. The standard InChI is InChI=1S/C21H20N3O3PS/c1-14-7-9-16(10-8-14)18-12-17-20(22-13-23-21(17)29-18)24-19(28(25,26)27)11-15-5-3-2-4-6-15/h2-10,12-13,19H,11H2,1H3,(H,22,23,24)(H2,25,26,27)/t19-/m0/s1. The van der Waals surface area contributed by atoms with Gasteiger partial charge in [-0.15, -0.1) is 11.3 Å². The molecule has 2 aromatic heterocycles. The van der Waals surface area contributed by atoms with Crippen molar-refractivity contribution >= 4 is 35.0 Å². The Morgan fingerprint density at radius 3 is 2.48 bits per heavy atom. The summed E-state index contributed by atoms with van der Waals surface area (Å²) in [7, 11) is -4.41. The summed E-state index contributed by atoms with van der Waals surface area (Å²) in [5, 5.41) is 3.73. The number of nitrogens with one attached hydrogen (secondary N) is 1. The van der Waals surface area contributed by atoms with Gasteiger partial charge in [0.15, 0.2) is 0 Å². The molecular formula is C21H20N3O3PS. The Balaban J connectivity index is 1.68. The monoisotopic (exact) mass is 425 g/mol. The molecule has 6 nitrogen and oxygen atoms in total. The van der Waals surface area contributed by atoms with E-state index in [0.29, 0.717) is 5.82 Å². The first-order valence-electron chi connectivity index (χ1n) is 9.07. The molecule has 0 spiro atoms. The van der Waals surface area contributed by atoms with E-state index in [1.165, 1.54) is 23.2 Å². The molecule has 0 aliphatic rings. The Labute approximate surface area is 172 Å². The molecule has 0 amide bonds. The van der Waals surface area contributed by atoms with Crippen LogP contribution in [0.15, 0.2) is 67.0 Å². The number of hydrogen-bond donors (Lipinski definition) is 3. The highest BCUT2D eigenvalue weighted by molar-refractivity contribution is 7.52. The SMILES string of the molecule is Cc1ccc(-c2cc3c(N[C@H](Cc4ccccc4)P(=O)(O)O)ncnc3s2)cc1. The molecule has 29 heavy (non-hydrogen) atoms. The fourth-order valence-corrected chi connectivity index (χ4v) is 4.82. The van der Waals surface area contributed by atoms with Gasteiger partial charge in [-0.2, -0.15) is 0 Å². The Morgan fingerprint density at radius 2 is 1.79 bits per heavy atom. The molecule has 0 saturated heterocycles. The van der Waals surface area contributed by atoms with Crippen LogP contribution in [0.5, 0.6) is 0 Å². The van der Waals surface area contributed by atoms with Crippen molar-refractivity contribution in [2.24, 2.45) is 0 Å². The van der Waals surface area contributed by atoms with Crippen molar-refractivity contribution in [1.29, 1.82) is 0 Å². The van der Waals surface area contributed by atoms with Crippen LogP contribution in [0.25, 0.3) is 20.7 Å². The predicted molar refractivity (Wildman–Crippen MR) is 117 cm³/mol. The van der Waals surface area contributed by atoms with Crippen molar-refractivity contribution in [3.05, 3.63) is 78.1 Å². The lowest BCUT2D eigenvalue weighted by molar-refractivity contribution is 0.361. The van der Waals surface area contributed by atoms with E-state index in [2.05, 4.69) is 27.4 Å². The van der Waals surface area contributed by atoms with Crippen molar-refractivity contribution in [3.63, 3.8) is 0 Å². The number of thiophene rings is 1. The summed E-state index contributed by atoms with van der Waals surface area (Å²) in [4.78, 5) is 30.2. The van der Waals surface area contributed by atoms with Crippen LogP contribution in [-0.4, -0.2) is 25.5 Å². The summed E-state index contributed by atoms with van der Waals surface area (Å²) >= 11 is 1.52. The van der Waals surface area contributed by atoms with E-state index < -0.39 is 13.4 Å². The molecule has 2 heterocycles. The van der Waals surface area contributed by atoms with E-state index >= 15 is 0 Å². The number of nitrogens with zero attached hydrogens (tertiary/aromatic N) is 2. The summed E-state index contributed by atoms with van der Waals surface area (Å²) in [6.45, 7) is 2.04. The maximum absolute atomic E-state index is 12.1. The number of aromatic nitrogens is 2. The lowest BCUT2D eigenvalue weighted by Crippen LogP contribution is -2.23. The molecule has 0 fully saturated rings. The second-order valence-corrected chi connectivity index (χ2v) is 9.69. The highest BCUT2D eigenvalue weighted by atomic mass is 32.1. The highest BCUT2D eigenvalue weighted by Crippen LogP contribution is 2.44. The first kappa shape index (κ1) is 19.7. The topological polar surface area (TPSA) is 95.3 Å². The molecule has 8 heteroatoms. The van der Waals surface area contributed by atoms with Crippen molar-refractivity contribution in [3.8, 4) is 10.4 Å². The van der Waals surface area contributed by atoms with Crippen molar-refractivity contribution in [2.45, 2.75) is 19.1 Å². The Morgan fingerprint density at radius 1 is 1.07 bits per heavy atom. The molecule has 2 aromatic carbocycles. The van der Waals surface area contributed by atoms with Gasteiger partial charge in [-0.05, 0) is 24.1 Å². The van der Waals surface area contributed by atoms with Gasteiger partial charge in [-0.25, -0.2) is 9.97 Å². The van der Waals surface area contributed by atoms with E-state index in [1.54, 1.807) is 0 Å². The van der Waals surface area contributed by atoms with Crippen LogP contribution in [0.2, 0.25) is 0 Å². The van der Waals surface area contributed by atoms with Crippen LogP contribution in [0.4, 0.5) is 5.82 Å². The smallest absolute Gasteiger partial charge is 0.347 e. The largest absolute Gasteiger partial charge is 0.355 e. The molecule has 1 atom stereocenters. The minimum atomic E-state index is -4.41. The van der Waals surface area contributed by atoms with E-state index in [0.717, 1.165) is 26.2 Å². The van der Waals surface area contributed by atoms with E-state index in [4.69, 9.17) is 0 Å². The third-order valence-electron chi connectivity index (χ3n) is 4.65. The number of hydrogen-bond acceptors (Lipinski definition) is 5. The van der Waals surface area contributed by atoms with Crippen LogP contribution in [0, 0.1) is 6.92 Å².